The molecular formula is C20H27N3O3S. The minimum atomic E-state index is -0.129. The third kappa shape index (κ3) is 4.86. The zero-order valence-electron chi connectivity index (χ0n) is 15.9. The van der Waals surface area contributed by atoms with Crippen LogP contribution in [0, 0.1) is 13.8 Å². The molecule has 1 aromatic heterocycles. The van der Waals surface area contributed by atoms with Gasteiger partial charge in [-0.15, -0.1) is 0 Å². The predicted octanol–water partition coefficient (Wildman–Crippen LogP) is 1.99. The van der Waals surface area contributed by atoms with Crippen molar-refractivity contribution in [2.24, 2.45) is 0 Å². The summed E-state index contributed by atoms with van der Waals surface area (Å²) in [6.07, 6.45) is 2.28. The Balaban J connectivity index is 1.76. The average molecular weight is 390 g/mol. The summed E-state index contributed by atoms with van der Waals surface area (Å²) in [6.45, 7) is 6.20. The Morgan fingerprint density at radius 2 is 2.15 bits per heavy atom. The number of aromatic nitrogens is 1. The molecule has 0 spiro atoms. The molecule has 2 aromatic rings. The molecule has 3 rings (SSSR count). The standard InChI is InChI=1S/C20H27N3O3S/c1-13-8-15-10-16(19(25)22-18(15)9-14(13)2)12-23(5-6-24)20(27)21-11-17-4-3-7-26-17/h8-10,17,24H,3-7,11-12H2,1-2H3,(H,21,27)(H,22,25). The number of aryl methyl sites for hydroxylation is 2. The number of pyridine rings is 1. The Labute approximate surface area is 164 Å². The smallest absolute Gasteiger partial charge is 0.253 e. The fourth-order valence-corrected chi connectivity index (χ4v) is 3.58. The molecule has 3 N–H and O–H groups in total. The lowest BCUT2D eigenvalue weighted by Gasteiger charge is -2.26. The zero-order valence-corrected chi connectivity index (χ0v) is 16.7. The first-order valence-corrected chi connectivity index (χ1v) is 9.77. The number of fused-ring (bicyclic) bond motifs is 1. The SMILES string of the molecule is Cc1cc2cc(CN(CCO)C(=S)NCC3CCCO3)c(=O)[nH]c2cc1C. The van der Waals surface area contributed by atoms with Crippen LogP contribution in [0.1, 0.15) is 29.5 Å². The second-order valence-electron chi connectivity index (χ2n) is 7.11. The van der Waals surface area contributed by atoms with Crippen LogP contribution in [-0.2, 0) is 11.3 Å². The topological polar surface area (TPSA) is 77.6 Å². The molecule has 1 saturated heterocycles. The molecule has 1 aromatic carbocycles. The molecule has 146 valence electrons. The molecule has 0 amide bonds. The quantitative estimate of drug-likeness (QED) is 0.656. The van der Waals surface area contributed by atoms with E-state index in [0.29, 0.717) is 30.3 Å². The molecule has 1 fully saturated rings. The van der Waals surface area contributed by atoms with E-state index in [-0.39, 0.29) is 18.3 Å². The van der Waals surface area contributed by atoms with E-state index in [1.807, 2.05) is 24.0 Å². The Kier molecular flexibility index (Phi) is 6.46. The Morgan fingerprint density at radius 1 is 1.37 bits per heavy atom. The van der Waals surface area contributed by atoms with Gasteiger partial charge in [0.25, 0.3) is 5.56 Å². The molecule has 0 saturated carbocycles. The summed E-state index contributed by atoms with van der Waals surface area (Å²) in [7, 11) is 0. The van der Waals surface area contributed by atoms with Crippen LogP contribution in [0.15, 0.2) is 23.0 Å². The first kappa shape index (κ1) is 19.8. The van der Waals surface area contributed by atoms with Crippen LogP contribution >= 0.6 is 12.2 Å². The molecule has 1 unspecified atom stereocenters. The monoisotopic (exact) mass is 389 g/mol. The van der Waals surface area contributed by atoms with Crippen molar-refractivity contribution >= 4 is 28.2 Å². The van der Waals surface area contributed by atoms with Crippen molar-refractivity contribution in [3.8, 4) is 0 Å². The molecule has 0 aliphatic carbocycles. The third-order valence-corrected chi connectivity index (χ3v) is 5.46. The first-order chi connectivity index (χ1) is 13.0. The van der Waals surface area contributed by atoms with E-state index in [9.17, 15) is 9.90 Å². The van der Waals surface area contributed by atoms with Crippen LogP contribution in [0.2, 0.25) is 0 Å². The van der Waals surface area contributed by atoms with Gasteiger partial charge < -0.3 is 25.0 Å². The molecule has 6 nitrogen and oxygen atoms in total. The van der Waals surface area contributed by atoms with Crippen molar-refractivity contribution < 1.29 is 9.84 Å². The van der Waals surface area contributed by atoms with Crippen LogP contribution in [0.5, 0.6) is 0 Å². The molecule has 1 aliphatic rings. The number of thiocarbonyl (C=S) groups is 1. The molecule has 1 atom stereocenters. The summed E-state index contributed by atoms with van der Waals surface area (Å²) in [5, 5.41) is 14.1. The second kappa shape index (κ2) is 8.82. The van der Waals surface area contributed by atoms with Crippen molar-refractivity contribution in [3.05, 3.63) is 45.2 Å². The summed E-state index contributed by atoms with van der Waals surface area (Å²) in [4.78, 5) is 17.3. The van der Waals surface area contributed by atoms with Crippen LogP contribution in [0.4, 0.5) is 0 Å². The Hall–Kier alpha value is -1.96. The van der Waals surface area contributed by atoms with Gasteiger partial charge in [-0.05, 0) is 73.6 Å². The highest BCUT2D eigenvalue weighted by Crippen LogP contribution is 2.18. The van der Waals surface area contributed by atoms with Crippen molar-refractivity contribution in [1.29, 1.82) is 0 Å². The number of hydrogen-bond donors (Lipinski definition) is 3. The van der Waals surface area contributed by atoms with Crippen LogP contribution in [0.3, 0.4) is 0 Å². The minimum Gasteiger partial charge on any atom is -0.395 e. The van der Waals surface area contributed by atoms with Crippen LogP contribution in [-0.4, -0.2) is 52.5 Å². The van der Waals surface area contributed by atoms with E-state index >= 15 is 0 Å². The van der Waals surface area contributed by atoms with Gasteiger partial charge >= 0.3 is 0 Å². The number of ether oxygens (including phenoxy) is 1. The van der Waals surface area contributed by atoms with E-state index in [1.54, 1.807) is 0 Å². The number of rotatable bonds is 6. The summed E-state index contributed by atoms with van der Waals surface area (Å²) in [6, 6.07) is 5.98. The molecule has 2 heterocycles. The predicted molar refractivity (Wildman–Crippen MR) is 111 cm³/mol. The first-order valence-electron chi connectivity index (χ1n) is 9.36. The third-order valence-electron chi connectivity index (χ3n) is 5.06. The highest BCUT2D eigenvalue weighted by molar-refractivity contribution is 7.80. The normalized spacial score (nSPS) is 16.6. The summed E-state index contributed by atoms with van der Waals surface area (Å²) in [5.41, 5.74) is 3.66. The lowest BCUT2D eigenvalue weighted by molar-refractivity contribution is 0.113. The van der Waals surface area contributed by atoms with Gasteiger partial charge in [-0.2, -0.15) is 0 Å². The summed E-state index contributed by atoms with van der Waals surface area (Å²) >= 11 is 5.49. The number of hydrogen-bond acceptors (Lipinski definition) is 4. The highest BCUT2D eigenvalue weighted by Gasteiger charge is 2.18. The number of nitrogens with one attached hydrogen (secondary N) is 2. The van der Waals surface area contributed by atoms with Gasteiger partial charge in [0.15, 0.2) is 5.11 Å². The average Bonchev–Trinajstić information content (AvgIpc) is 3.15. The lowest BCUT2D eigenvalue weighted by atomic mass is 10.0. The Bertz CT molecular complexity index is 875. The van der Waals surface area contributed by atoms with E-state index < -0.39 is 0 Å². The molecular weight excluding hydrogens is 362 g/mol. The van der Waals surface area contributed by atoms with Gasteiger partial charge in [0.1, 0.15) is 0 Å². The van der Waals surface area contributed by atoms with E-state index in [2.05, 4.69) is 23.3 Å². The van der Waals surface area contributed by atoms with Gasteiger partial charge in [-0.1, -0.05) is 0 Å². The zero-order chi connectivity index (χ0) is 19.4. The number of H-pyrrole nitrogens is 1. The number of benzene rings is 1. The van der Waals surface area contributed by atoms with Crippen molar-refractivity contribution in [1.82, 2.24) is 15.2 Å². The summed E-state index contributed by atoms with van der Waals surface area (Å²) in [5.74, 6) is 0. The maximum Gasteiger partial charge on any atom is 0.253 e. The molecule has 27 heavy (non-hydrogen) atoms. The van der Waals surface area contributed by atoms with Crippen molar-refractivity contribution in [3.63, 3.8) is 0 Å². The minimum absolute atomic E-state index is 0.0362. The second-order valence-corrected chi connectivity index (χ2v) is 7.50. The van der Waals surface area contributed by atoms with Crippen molar-refractivity contribution in [2.45, 2.75) is 39.3 Å². The van der Waals surface area contributed by atoms with Crippen molar-refractivity contribution in [2.75, 3.05) is 26.3 Å². The van der Waals surface area contributed by atoms with Gasteiger partial charge in [-0.3, -0.25) is 4.79 Å². The fraction of sp³-hybridized carbons (Fsp3) is 0.500. The lowest BCUT2D eigenvalue weighted by Crippen LogP contribution is -2.44. The largest absolute Gasteiger partial charge is 0.395 e. The van der Waals surface area contributed by atoms with Gasteiger partial charge in [-0.25, -0.2) is 0 Å². The summed E-state index contributed by atoms with van der Waals surface area (Å²) < 4.78 is 5.60. The van der Waals surface area contributed by atoms with Gasteiger partial charge in [0, 0.05) is 30.8 Å². The molecule has 0 radical (unpaired) electrons. The number of aliphatic hydroxyl groups is 1. The van der Waals surface area contributed by atoms with Gasteiger partial charge in [0.2, 0.25) is 0 Å². The van der Waals surface area contributed by atoms with E-state index in [0.717, 1.165) is 35.9 Å². The number of aliphatic hydroxyl groups excluding tert-OH is 1. The number of nitrogens with zero attached hydrogens (tertiary/aromatic N) is 1. The maximum atomic E-state index is 12.5. The van der Waals surface area contributed by atoms with Gasteiger partial charge in [0.05, 0.1) is 19.3 Å². The number of aromatic amines is 1. The molecule has 0 bridgehead atoms. The van der Waals surface area contributed by atoms with E-state index in [4.69, 9.17) is 17.0 Å². The molecule has 1 aliphatic heterocycles. The van der Waals surface area contributed by atoms with Crippen LogP contribution < -0.4 is 10.9 Å². The highest BCUT2D eigenvalue weighted by atomic mass is 32.1. The Morgan fingerprint density at radius 3 is 2.85 bits per heavy atom. The van der Waals surface area contributed by atoms with E-state index in [1.165, 1.54) is 5.56 Å². The maximum absolute atomic E-state index is 12.5. The fourth-order valence-electron chi connectivity index (χ4n) is 3.34. The molecule has 7 heteroatoms. The van der Waals surface area contributed by atoms with Crippen LogP contribution in [0.25, 0.3) is 10.9 Å².